The number of aromatic nitrogens is 7. The molecule has 0 radical (unpaired) electrons. The van der Waals surface area contributed by atoms with Crippen LogP contribution in [0.1, 0.15) is 11.3 Å². The smallest absolute Gasteiger partial charge is 0.228 e. The zero-order valence-electron chi connectivity index (χ0n) is 16.6. The largest absolute Gasteiger partial charge is 0.374 e. The second-order valence-electron chi connectivity index (χ2n) is 7.18. The first-order valence-corrected chi connectivity index (χ1v) is 9.85. The fraction of sp³-hybridized carbons (Fsp3) is 0.250. The van der Waals surface area contributed by atoms with Crippen molar-refractivity contribution in [2.45, 2.75) is 6.42 Å². The molecule has 4 heterocycles. The summed E-state index contributed by atoms with van der Waals surface area (Å²) in [6.07, 6.45) is 7.52. The van der Waals surface area contributed by atoms with Gasteiger partial charge in [0.05, 0.1) is 18.3 Å². The number of carbonyl (C=O) groups excluding carboxylic acids is 1. The lowest BCUT2D eigenvalue weighted by atomic mass is 10.2. The van der Waals surface area contributed by atoms with Crippen molar-refractivity contribution < 1.29 is 9.42 Å². The maximum absolute atomic E-state index is 12.7. The van der Waals surface area contributed by atoms with Crippen molar-refractivity contribution in [3.63, 3.8) is 0 Å². The predicted octanol–water partition coefficient (Wildman–Crippen LogP) is 0.951. The van der Waals surface area contributed by atoms with Crippen LogP contribution in [0.25, 0.3) is 22.8 Å². The van der Waals surface area contributed by atoms with Gasteiger partial charge in [-0.25, -0.2) is 4.63 Å². The summed E-state index contributed by atoms with van der Waals surface area (Å²) in [5.74, 6) is 0.0790. The van der Waals surface area contributed by atoms with Crippen molar-refractivity contribution >= 4 is 23.0 Å². The van der Waals surface area contributed by atoms with Gasteiger partial charge in [-0.2, -0.15) is 4.68 Å². The highest BCUT2D eigenvalue weighted by Crippen LogP contribution is 2.14. The van der Waals surface area contributed by atoms with Gasteiger partial charge in [0, 0.05) is 31.9 Å². The lowest BCUT2D eigenvalue weighted by molar-refractivity contribution is -0.131. The van der Waals surface area contributed by atoms with Gasteiger partial charge in [-0.3, -0.25) is 9.78 Å². The highest BCUT2D eigenvalue weighted by atomic mass is 16.6. The van der Waals surface area contributed by atoms with Crippen LogP contribution >= 0.6 is 0 Å². The van der Waals surface area contributed by atoms with Gasteiger partial charge in [-0.15, -0.1) is 5.10 Å². The molecular weight excluding hydrogens is 398 g/mol. The minimum Gasteiger partial charge on any atom is -0.374 e. The third-order valence-electron chi connectivity index (χ3n) is 5.18. The van der Waals surface area contributed by atoms with Crippen LogP contribution < -0.4 is 0 Å². The zero-order valence-corrected chi connectivity index (χ0v) is 16.6. The molecule has 1 amide bonds. The number of hydrogen-bond donors (Lipinski definition) is 0. The van der Waals surface area contributed by atoms with E-state index in [2.05, 4.69) is 41.9 Å². The molecule has 0 saturated carbocycles. The van der Waals surface area contributed by atoms with Crippen LogP contribution in [0.15, 0.2) is 53.7 Å². The fourth-order valence-electron chi connectivity index (χ4n) is 3.42. The quantitative estimate of drug-likeness (QED) is 0.467. The first-order chi connectivity index (χ1) is 15.2. The number of fused-ring (bicyclic) bond motifs is 1. The molecule has 5 rings (SSSR count). The van der Waals surface area contributed by atoms with Crippen LogP contribution in [0.3, 0.4) is 0 Å². The minimum atomic E-state index is 0.0790. The number of piperazine rings is 1. The Balaban J connectivity index is 1.13. The molecule has 156 valence electrons. The maximum Gasteiger partial charge on any atom is 0.228 e. The maximum atomic E-state index is 12.7. The van der Waals surface area contributed by atoms with E-state index in [1.54, 1.807) is 6.20 Å². The molecule has 0 unspecified atom stereocenters. The molecule has 11 nitrogen and oxygen atoms in total. The number of tetrazole rings is 1. The average Bonchev–Trinajstić information content (AvgIpc) is 3.50. The van der Waals surface area contributed by atoms with E-state index in [1.165, 1.54) is 11.0 Å². The third kappa shape index (κ3) is 4.25. The molecule has 11 heteroatoms. The summed E-state index contributed by atoms with van der Waals surface area (Å²) in [6.45, 7) is 2.92. The fourth-order valence-corrected chi connectivity index (χ4v) is 3.42. The number of carbonyl (C=O) groups is 1. The molecule has 1 aliphatic heterocycles. The van der Waals surface area contributed by atoms with E-state index in [0.717, 1.165) is 41.1 Å². The highest BCUT2D eigenvalue weighted by molar-refractivity contribution is 5.78. The Labute approximate surface area is 176 Å². The number of nitrogens with zero attached hydrogens (tertiary/aromatic N) is 9. The Morgan fingerprint density at radius 2 is 1.94 bits per heavy atom. The molecule has 0 aliphatic carbocycles. The molecule has 4 aromatic rings. The first kappa shape index (κ1) is 18.9. The predicted molar refractivity (Wildman–Crippen MR) is 110 cm³/mol. The second-order valence-corrected chi connectivity index (χ2v) is 7.18. The Morgan fingerprint density at radius 1 is 1.06 bits per heavy atom. The van der Waals surface area contributed by atoms with Crippen molar-refractivity contribution in [2.24, 2.45) is 0 Å². The average molecular weight is 417 g/mol. The van der Waals surface area contributed by atoms with Gasteiger partial charge in [0.15, 0.2) is 0 Å². The van der Waals surface area contributed by atoms with Crippen LogP contribution in [0.4, 0.5) is 0 Å². The standard InChI is InChI=1S/C20H19N9O2/c30-20(12-16-2-3-17(13-21-16)29-14-22-25-26-29)28-9-7-27(8-10-28)6-5-15-1-4-18-19(11-15)24-31-23-18/h1-6,11,13-14H,7-10,12H2/b6-5+. The number of hydrogen-bond acceptors (Lipinski definition) is 9. The normalized spacial score (nSPS) is 14.6. The summed E-state index contributed by atoms with van der Waals surface area (Å²) in [6, 6.07) is 9.46. The SMILES string of the molecule is O=C(Cc1ccc(-n2cnnn2)cn1)N1CCN(/C=C/c2ccc3nonc3c2)CC1. The number of rotatable bonds is 5. The van der Waals surface area contributed by atoms with E-state index in [-0.39, 0.29) is 12.3 Å². The molecule has 31 heavy (non-hydrogen) atoms. The van der Waals surface area contributed by atoms with E-state index in [4.69, 9.17) is 4.63 Å². The third-order valence-corrected chi connectivity index (χ3v) is 5.18. The minimum absolute atomic E-state index is 0.0790. The number of amides is 1. The van der Waals surface area contributed by atoms with Crippen LogP contribution in [0.2, 0.25) is 0 Å². The Bertz CT molecular complexity index is 1190. The molecule has 3 aromatic heterocycles. The van der Waals surface area contributed by atoms with Gasteiger partial charge in [0.25, 0.3) is 0 Å². The highest BCUT2D eigenvalue weighted by Gasteiger charge is 2.20. The summed E-state index contributed by atoms with van der Waals surface area (Å²) in [5.41, 5.74) is 3.97. The van der Waals surface area contributed by atoms with E-state index in [1.807, 2.05) is 41.3 Å². The van der Waals surface area contributed by atoms with Crippen LogP contribution in [0, 0.1) is 0 Å². The van der Waals surface area contributed by atoms with Crippen LogP contribution in [-0.4, -0.2) is 77.4 Å². The number of benzene rings is 1. The van der Waals surface area contributed by atoms with E-state index >= 15 is 0 Å². The van der Waals surface area contributed by atoms with Gasteiger partial charge in [-0.05, 0) is 62.8 Å². The second kappa shape index (κ2) is 8.30. The van der Waals surface area contributed by atoms with Gasteiger partial charge in [0.2, 0.25) is 5.91 Å². The van der Waals surface area contributed by atoms with Crippen molar-refractivity contribution in [1.82, 2.24) is 45.3 Å². The summed E-state index contributed by atoms with van der Waals surface area (Å²) < 4.78 is 6.25. The first-order valence-electron chi connectivity index (χ1n) is 9.85. The van der Waals surface area contributed by atoms with E-state index in [9.17, 15) is 4.79 Å². The molecule has 0 bridgehead atoms. The van der Waals surface area contributed by atoms with Crippen molar-refractivity contribution in [3.8, 4) is 5.69 Å². The van der Waals surface area contributed by atoms with Gasteiger partial charge in [-0.1, -0.05) is 6.07 Å². The van der Waals surface area contributed by atoms with Crippen molar-refractivity contribution in [2.75, 3.05) is 26.2 Å². The number of pyridine rings is 1. The molecule has 0 N–H and O–H groups in total. The topological polar surface area (TPSA) is 119 Å². The molecule has 1 saturated heterocycles. The van der Waals surface area contributed by atoms with Gasteiger partial charge in [0.1, 0.15) is 17.4 Å². The van der Waals surface area contributed by atoms with Gasteiger partial charge >= 0.3 is 0 Å². The van der Waals surface area contributed by atoms with E-state index in [0.29, 0.717) is 13.1 Å². The van der Waals surface area contributed by atoms with Gasteiger partial charge < -0.3 is 9.80 Å². The summed E-state index contributed by atoms with van der Waals surface area (Å²) >= 11 is 0. The van der Waals surface area contributed by atoms with Crippen LogP contribution in [-0.2, 0) is 11.2 Å². The monoisotopic (exact) mass is 417 g/mol. The summed E-state index contributed by atoms with van der Waals surface area (Å²) in [7, 11) is 0. The molecular formula is C20H19N9O2. The lowest BCUT2D eigenvalue weighted by Gasteiger charge is -2.34. The van der Waals surface area contributed by atoms with E-state index < -0.39 is 0 Å². The summed E-state index contributed by atoms with van der Waals surface area (Å²) in [4.78, 5) is 21.1. The molecule has 1 aliphatic rings. The molecule has 1 fully saturated rings. The molecule has 1 aromatic carbocycles. The molecule has 0 atom stereocenters. The zero-order chi connectivity index (χ0) is 21.0. The van der Waals surface area contributed by atoms with Crippen molar-refractivity contribution in [1.29, 1.82) is 0 Å². The molecule has 0 spiro atoms. The lowest BCUT2D eigenvalue weighted by Crippen LogP contribution is -2.47. The summed E-state index contributed by atoms with van der Waals surface area (Å²) in [5, 5.41) is 18.7. The Kier molecular flexibility index (Phi) is 5.05. The van der Waals surface area contributed by atoms with Crippen LogP contribution in [0.5, 0.6) is 0 Å². The Hall–Kier alpha value is -4.15. The Morgan fingerprint density at radius 3 is 2.71 bits per heavy atom. The van der Waals surface area contributed by atoms with Crippen molar-refractivity contribution in [3.05, 3.63) is 60.3 Å².